The van der Waals surface area contributed by atoms with Gasteiger partial charge in [0.15, 0.2) is 23.0 Å². The minimum absolute atomic E-state index is 0.146. The maximum Gasteiger partial charge on any atom is 0.271 e. The van der Waals surface area contributed by atoms with Crippen LogP contribution in [0.3, 0.4) is 0 Å². The number of hydrazone groups is 2. The van der Waals surface area contributed by atoms with Gasteiger partial charge in [0.2, 0.25) is 11.5 Å². The lowest BCUT2D eigenvalue weighted by molar-refractivity contribution is 0.0943. The normalized spacial score (nSPS) is 10.8. The first-order chi connectivity index (χ1) is 18.3. The zero-order valence-corrected chi connectivity index (χ0v) is 21.0. The number of ether oxygens (including phenoxy) is 4. The van der Waals surface area contributed by atoms with E-state index in [4.69, 9.17) is 18.9 Å². The van der Waals surface area contributed by atoms with Crippen LogP contribution in [0.15, 0.2) is 58.7 Å². The molecule has 4 N–H and O–H groups in total. The number of nitrogens with zero attached hydrogens (tertiary/aromatic N) is 2. The summed E-state index contributed by atoms with van der Waals surface area (Å²) in [5.74, 6) is -0.525. The van der Waals surface area contributed by atoms with Gasteiger partial charge in [0, 0.05) is 22.3 Å². The standard InChI is InChI=1S/C26H26N4O8/c1-35-19-9-15(10-20(36-2)23(19)31)13-27-29-25(33)17-5-7-18(8-6-17)26(34)30-28-14-16-11-21(37-3)24(32)22(12-16)38-4/h5-14,31-32H,1-4H3,(H,29,33)(H,30,34). The number of amides is 2. The molecule has 0 radical (unpaired) electrons. The van der Waals surface area contributed by atoms with Crippen molar-refractivity contribution >= 4 is 24.2 Å². The minimum Gasteiger partial charge on any atom is -0.502 e. The zero-order chi connectivity index (χ0) is 27.7. The Morgan fingerprint density at radius 1 is 0.632 bits per heavy atom. The van der Waals surface area contributed by atoms with Gasteiger partial charge in [0.05, 0.1) is 40.9 Å². The average molecular weight is 523 g/mol. The lowest BCUT2D eigenvalue weighted by Gasteiger charge is -2.09. The van der Waals surface area contributed by atoms with Crippen LogP contribution < -0.4 is 29.8 Å². The second-order valence-electron chi connectivity index (χ2n) is 7.52. The summed E-state index contributed by atoms with van der Waals surface area (Å²) in [6.45, 7) is 0. The third kappa shape index (κ3) is 6.49. The number of carbonyl (C=O) groups is 2. The summed E-state index contributed by atoms with van der Waals surface area (Å²) in [5, 5.41) is 27.7. The molecule has 0 saturated carbocycles. The number of methoxy groups -OCH3 is 4. The molecule has 0 aliphatic carbocycles. The molecule has 0 aromatic heterocycles. The minimum atomic E-state index is -0.501. The number of benzene rings is 3. The molecule has 3 aromatic carbocycles. The van der Waals surface area contributed by atoms with Crippen molar-refractivity contribution < 1.29 is 38.7 Å². The van der Waals surface area contributed by atoms with E-state index < -0.39 is 11.8 Å². The number of nitrogens with one attached hydrogen (secondary N) is 2. The van der Waals surface area contributed by atoms with Gasteiger partial charge < -0.3 is 29.2 Å². The number of rotatable bonds is 10. The summed E-state index contributed by atoms with van der Waals surface area (Å²) in [5.41, 5.74) is 6.35. The second-order valence-corrected chi connectivity index (χ2v) is 7.52. The fraction of sp³-hybridized carbons (Fsp3) is 0.154. The molecule has 12 nitrogen and oxygen atoms in total. The summed E-state index contributed by atoms with van der Waals surface area (Å²) >= 11 is 0. The zero-order valence-electron chi connectivity index (χ0n) is 21.0. The third-order valence-corrected chi connectivity index (χ3v) is 5.17. The Bertz CT molecular complexity index is 1220. The molecular formula is C26H26N4O8. The number of hydrogen-bond donors (Lipinski definition) is 4. The maximum absolute atomic E-state index is 12.4. The molecule has 2 amide bonds. The van der Waals surface area contributed by atoms with Gasteiger partial charge >= 0.3 is 0 Å². The van der Waals surface area contributed by atoms with Crippen LogP contribution in [0.5, 0.6) is 34.5 Å². The summed E-state index contributed by atoms with van der Waals surface area (Å²) in [6.07, 6.45) is 2.73. The van der Waals surface area contributed by atoms with Crippen LogP contribution in [-0.2, 0) is 0 Å². The molecule has 0 aliphatic heterocycles. The number of hydrogen-bond acceptors (Lipinski definition) is 10. The fourth-order valence-corrected chi connectivity index (χ4v) is 3.21. The van der Waals surface area contributed by atoms with E-state index in [1.807, 2.05) is 0 Å². The van der Waals surface area contributed by atoms with Crippen LogP contribution in [-0.4, -0.2) is 62.9 Å². The molecule has 0 saturated heterocycles. The van der Waals surface area contributed by atoms with Gasteiger partial charge in [-0.1, -0.05) is 0 Å². The molecule has 0 heterocycles. The van der Waals surface area contributed by atoms with Crippen LogP contribution in [0.1, 0.15) is 31.8 Å². The van der Waals surface area contributed by atoms with E-state index >= 15 is 0 Å². The van der Waals surface area contributed by atoms with Gasteiger partial charge in [0.25, 0.3) is 11.8 Å². The third-order valence-electron chi connectivity index (χ3n) is 5.17. The molecular weight excluding hydrogens is 496 g/mol. The largest absolute Gasteiger partial charge is 0.502 e. The SMILES string of the molecule is COc1cc(C=NNC(=O)c2ccc(C(=O)NN=Cc3cc(OC)c(O)c(OC)c3)cc2)cc(OC)c1O. The smallest absolute Gasteiger partial charge is 0.271 e. The van der Waals surface area contributed by atoms with Crippen LogP contribution >= 0.6 is 0 Å². The highest BCUT2D eigenvalue weighted by atomic mass is 16.5. The van der Waals surface area contributed by atoms with E-state index in [9.17, 15) is 19.8 Å². The Hall–Kier alpha value is -5.26. The molecule has 0 aliphatic rings. The Balaban J connectivity index is 1.60. The summed E-state index contributed by atoms with van der Waals surface area (Å²) in [6, 6.07) is 12.0. The van der Waals surface area contributed by atoms with Crippen LogP contribution in [0.25, 0.3) is 0 Å². The molecule has 12 heteroatoms. The number of carbonyl (C=O) groups excluding carboxylic acids is 2. The van der Waals surface area contributed by atoms with Gasteiger partial charge in [0.1, 0.15) is 0 Å². The molecule has 198 valence electrons. The molecule has 3 aromatic rings. The Labute approximate surface area is 218 Å². The van der Waals surface area contributed by atoms with Gasteiger partial charge in [-0.3, -0.25) is 9.59 Å². The Morgan fingerprint density at radius 2 is 0.921 bits per heavy atom. The first kappa shape index (κ1) is 27.3. The van der Waals surface area contributed by atoms with E-state index in [1.54, 1.807) is 0 Å². The van der Waals surface area contributed by atoms with E-state index in [0.29, 0.717) is 11.1 Å². The van der Waals surface area contributed by atoms with Crippen molar-refractivity contribution in [2.45, 2.75) is 0 Å². The first-order valence-corrected chi connectivity index (χ1v) is 11.0. The second kappa shape index (κ2) is 12.6. The van der Waals surface area contributed by atoms with E-state index in [2.05, 4.69) is 21.1 Å². The van der Waals surface area contributed by atoms with Gasteiger partial charge in [-0.05, 0) is 48.5 Å². The molecule has 0 atom stereocenters. The Kier molecular flexibility index (Phi) is 9.08. The monoisotopic (exact) mass is 522 g/mol. The highest BCUT2D eigenvalue weighted by Crippen LogP contribution is 2.37. The molecule has 38 heavy (non-hydrogen) atoms. The summed E-state index contributed by atoms with van der Waals surface area (Å²) in [7, 11) is 5.60. The van der Waals surface area contributed by atoms with Crippen molar-refractivity contribution in [1.82, 2.24) is 10.9 Å². The lowest BCUT2D eigenvalue weighted by atomic mass is 10.1. The van der Waals surface area contributed by atoms with Crippen molar-refractivity contribution in [3.8, 4) is 34.5 Å². The van der Waals surface area contributed by atoms with E-state index in [1.165, 1.54) is 89.4 Å². The average Bonchev–Trinajstić information content (AvgIpc) is 2.94. The molecule has 0 fully saturated rings. The maximum atomic E-state index is 12.4. The van der Waals surface area contributed by atoms with Gasteiger partial charge in [-0.25, -0.2) is 10.9 Å². The Morgan fingerprint density at radius 3 is 1.18 bits per heavy atom. The molecule has 0 spiro atoms. The van der Waals surface area contributed by atoms with Gasteiger partial charge in [-0.2, -0.15) is 10.2 Å². The van der Waals surface area contributed by atoms with Crippen LogP contribution in [0.4, 0.5) is 0 Å². The quantitative estimate of drug-likeness (QED) is 0.234. The molecule has 0 unspecified atom stereocenters. The first-order valence-electron chi connectivity index (χ1n) is 11.0. The van der Waals surface area contributed by atoms with E-state index in [-0.39, 0.29) is 45.6 Å². The van der Waals surface area contributed by atoms with E-state index in [0.717, 1.165) is 0 Å². The van der Waals surface area contributed by atoms with Crippen LogP contribution in [0.2, 0.25) is 0 Å². The molecule has 0 bridgehead atoms. The topological polar surface area (TPSA) is 160 Å². The fourth-order valence-electron chi connectivity index (χ4n) is 3.21. The number of aromatic hydroxyl groups is 2. The van der Waals surface area contributed by atoms with Crippen molar-refractivity contribution in [2.75, 3.05) is 28.4 Å². The van der Waals surface area contributed by atoms with Crippen molar-refractivity contribution in [3.63, 3.8) is 0 Å². The predicted molar refractivity (Wildman–Crippen MR) is 139 cm³/mol. The summed E-state index contributed by atoms with van der Waals surface area (Å²) in [4.78, 5) is 24.8. The highest BCUT2D eigenvalue weighted by molar-refractivity contribution is 5.98. The van der Waals surface area contributed by atoms with Crippen LogP contribution in [0, 0.1) is 0 Å². The van der Waals surface area contributed by atoms with Gasteiger partial charge in [-0.15, -0.1) is 0 Å². The van der Waals surface area contributed by atoms with Crippen molar-refractivity contribution in [1.29, 1.82) is 0 Å². The van der Waals surface area contributed by atoms with Crippen molar-refractivity contribution in [3.05, 3.63) is 70.8 Å². The molecule has 3 rings (SSSR count). The predicted octanol–water partition coefficient (Wildman–Crippen LogP) is 2.66. The lowest BCUT2D eigenvalue weighted by Crippen LogP contribution is -2.19. The number of phenols is 2. The summed E-state index contributed by atoms with van der Waals surface area (Å²) < 4.78 is 20.3. The number of phenolic OH excluding ortho intramolecular Hbond substituents is 2. The van der Waals surface area contributed by atoms with Crippen molar-refractivity contribution in [2.24, 2.45) is 10.2 Å². The highest BCUT2D eigenvalue weighted by Gasteiger charge is 2.12.